The van der Waals surface area contributed by atoms with Crippen LogP contribution in [-0.2, 0) is 50.6 Å². The maximum Gasteiger partial charge on any atom is 0.297 e. The molecule has 22 heteroatoms. The summed E-state index contributed by atoms with van der Waals surface area (Å²) in [6, 6.07) is 9.03. The average molecular weight is 687 g/mol. The van der Waals surface area contributed by atoms with Crippen LogP contribution in [0.1, 0.15) is 0 Å². The van der Waals surface area contributed by atoms with Crippen molar-refractivity contribution < 1.29 is 64.9 Å². The van der Waals surface area contributed by atoms with Gasteiger partial charge in [0, 0.05) is 21.5 Å². The number of hydrogen-bond donors (Lipinski definition) is 7. The van der Waals surface area contributed by atoms with Crippen molar-refractivity contribution in [2.75, 3.05) is 11.5 Å². The lowest BCUT2D eigenvalue weighted by atomic mass is 10.1. The van der Waals surface area contributed by atoms with Crippen LogP contribution in [0.5, 0.6) is 0 Å². The minimum absolute atomic E-state index is 0.0492. The van der Waals surface area contributed by atoms with E-state index in [9.17, 15) is 51.2 Å². The van der Waals surface area contributed by atoms with Crippen molar-refractivity contribution in [1.29, 1.82) is 0 Å². The van der Waals surface area contributed by atoms with Crippen LogP contribution in [0.2, 0.25) is 0 Å². The van der Waals surface area contributed by atoms with E-state index in [2.05, 4.69) is 0 Å². The van der Waals surface area contributed by atoms with E-state index >= 15 is 0 Å². The van der Waals surface area contributed by atoms with Crippen molar-refractivity contribution in [3.63, 3.8) is 0 Å². The van der Waals surface area contributed by atoms with E-state index in [1.54, 1.807) is 0 Å². The monoisotopic (exact) mass is 686 g/mol. The molecule has 0 aliphatic heterocycles. The predicted molar refractivity (Wildman–Crippen MR) is 146 cm³/mol. The van der Waals surface area contributed by atoms with Crippen molar-refractivity contribution >= 4 is 83.5 Å². The zero-order valence-corrected chi connectivity index (χ0v) is 24.3. The molecule has 4 rings (SSSR count). The van der Waals surface area contributed by atoms with Gasteiger partial charge in [0.2, 0.25) is 0 Å². The first-order valence-corrected chi connectivity index (χ1v) is 17.6. The summed E-state index contributed by atoms with van der Waals surface area (Å²) in [5.74, 6) is 0. The van der Waals surface area contributed by atoms with Crippen LogP contribution in [0.3, 0.4) is 0 Å². The molecule has 0 unspecified atom stereocenters. The molecule has 0 atom stereocenters. The molecule has 0 amide bonds. The minimum Gasteiger partial charge on any atom is -0.398 e. The largest absolute Gasteiger partial charge is 0.398 e. The van der Waals surface area contributed by atoms with E-state index < -0.39 is 91.5 Å². The van der Waals surface area contributed by atoms with Crippen molar-refractivity contribution in [3.8, 4) is 0 Å². The molecule has 0 heterocycles. The molecule has 228 valence electrons. The molecule has 42 heavy (non-hydrogen) atoms. The van der Waals surface area contributed by atoms with Gasteiger partial charge in [-0.15, -0.1) is 0 Å². The summed E-state index contributed by atoms with van der Waals surface area (Å²) >= 11 is 0. The highest BCUT2D eigenvalue weighted by molar-refractivity contribution is 7.87. The Labute approximate surface area is 238 Å². The van der Waals surface area contributed by atoms with E-state index in [4.69, 9.17) is 25.1 Å². The number of hydrogen-bond acceptors (Lipinski definition) is 12. The summed E-state index contributed by atoms with van der Waals surface area (Å²) in [6.07, 6.45) is 0. The Morgan fingerprint density at radius 2 is 0.857 bits per heavy atom. The van der Waals surface area contributed by atoms with E-state index in [0.29, 0.717) is 12.1 Å². The molecule has 17 nitrogen and oxygen atoms in total. The molecule has 4 aromatic carbocycles. The molecule has 9 N–H and O–H groups in total. The smallest absolute Gasteiger partial charge is 0.297 e. The Bertz CT molecular complexity index is 2330. The quantitative estimate of drug-likeness (QED) is 0.114. The van der Waals surface area contributed by atoms with Gasteiger partial charge in [-0.3, -0.25) is 22.8 Å². The third-order valence-corrected chi connectivity index (χ3v) is 10.0. The van der Waals surface area contributed by atoms with Crippen molar-refractivity contribution in [3.05, 3.63) is 54.6 Å². The molecule has 0 saturated carbocycles. The zero-order chi connectivity index (χ0) is 32.2. The Morgan fingerprint density at radius 1 is 0.429 bits per heavy atom. The Balaban J connectivity index is 0.000000235. The van der Waals surface area contributed by atoms with Gasteiger partial charge in [-0.05, 0) is 30.3 Å². The topological polar surface area (TPSA) is 324 Å². The van der Waals surface area contributed by atoms with Crippen LogP contribution in [0.4, 0.5) is 11.4 Å². The summed E-state index contributed by atoms with van der Waals surface area (Å²) in [4.78, 5) is -3.99. The van der Waals surface area contributed by atoms with Crippen LogP contribution in [-0.4, -0.2) is 64.9 Å². The number of rotatable bonds is 5. The molecule has 0 saturated heterocycles. The highest BCUT2D eigenvalue weighted by Gasteiger charge is 2.26. The van der Waals surface area contributed by atoms with E-state index in [0.717, 1.165) is 24.3 Å². The fraction of sp³-hybridized carbons (Fsp3) is 0. The first kappa shape index (κ1) is 33.1. The first-order chi connectivity index (χ1) is 18.8. The molecule has 0 aliphatic carbocycles. The van der Waals surface area contributed by atoms with Crippen LogP contribution < -0.4 is 11.5 Å². The second-order valence-corrected chi connectivity index (χ2v) is 15.1. The fourth-order valence-electron chi connectivity index (χ4n) is 3.85. The number of nitrogen functional groups attached to an aromatic ring is 2. The summed E-state index contributed by atoms with van der Waals surface area (Å²) in [7, 11) is -24.0. The second-order valence-electron chi connectivity index (χ2n) is 8.21. The molecule has 0 aromatic heterocycles. The van der Waals surface area contributed by atoms with Gasteiger partial charge in [0.1, 0.15) is 19.6 Å². The van der Waals surface area contributed by atoms with Gasteiger partial charge >= 0.3 is 0 Å². The highest BCUT2D eigenvalue weighted by atomic mass is 32.2. The van der Waals surface area contributed by atoms with Gasteiger partial charge in [0.05, 0.1) is 16.3 Å². The Morgan fingerprint density at radius 3 is 1.26 bits per heavy atom. The van der Waals surface area contributed by atoms with Crippen molar-refractivity contribution in [2.45, 2.75) is 24.5 Å². The molecular weight excluding hydrogens is 669 g/mol. The van der Waals surface area contributed by atoms with Gasteiger partial charge in [-0.2, -0.15) is 42.1 Å². The summed E-state index contributed by atoms with van der Waals surface area (Å²) in [5.41, 5.74) is 10.2. The standard InChI is InChI=1S/C10H9NO9S3.C10H9NO6S2/c11-8-2-1-6-7(10(8)23(18,19)20)3-5(21(12,13)14)4-9(6)22(15,16)17;11-8-5-4-6-7(10(8)19(15,16)17)2-1-3-9(6)18(12,13)14/h1-4H,11H2,(H,12,13,14)(H,15,16,17)(H,18,19,20);1-5H,11H2,(H,12,13,14)(H,15,16,17). The lowest BCUT2D eigenvalue weighted by molar-refractivity contribution is 0.478. The zero-order valence-electron chi connectivity index (χ0n) is 20.2. The number of benzene rings is 4. The lowest BCUT2D eigenvalue weighted by Gasteiger charge is -2.11. The summed E-state index contributed by atoms with van der Waals surface area (Å²) in [6.45, 7) is 0. The van der Waals surface area contributed by atoms with Crippen LogP contribution in [0.25, 0.3) is 21.5 Å². The lowest BCUT2D eigenvalue weighted by Crippen LogP contribution is -2.08. The third-order valence-electron chi connectivity index (χ3n) is 5.42. The molecule has 0 fully saturated rings. The van der Waals surface area contributed by atoms with Gasteiger partial charge in [0.15, 0.2) is 0 Å². The Kier molecular flexibility index (Phi) is 8.40. The maximum absolute atomic E-state index is 11.4. The number of nitrogens with two attached hydrogens (primary N) is 2. The maximum atomic E-state index is 11.4. The predicted octanol–water partition coefficient (Wildman–Crippen LogP) is 1.08. The third kappa shape index (κ3) is 6.78. The van der Waals surface area contributed by atoms with E-state index in [-0.39, 0.29) is 16.5 Å². The van der Waals surface area contributed by atoms with Gasteiger partial charge in [-0.25, -0.2) is 0 Å². The van der Waals surface area contributed by atoms with Crippen molar-refractivity contribution in [2.24, 2.45) is 0 Å². The number of fused-ring (bicyclic) bond motifs is 2. The normalized spacial score (nSPS) is 13.1. The van der Waals surface area contributed by atoms with Crippen LogP contribution in [0.15, 0.2) is 79.1 Å². The fourth-order valence-corrected chi connectivity index (χ4v) is 7.53. The number of anilines is 2. The van der Waals surface area contributed by atoms with E-state index in [1.165, 1.54) is 18.2 Å². The molecule has 0 spiro atoms. The SMILES string of the molecule is Nc1ccc2c(S(=O)(=O)O)cc(S(=O)(=O)O)cc2c1S(=O)(=O)O.Nc1ccc2c(S(=O)(=O)O)cccc2c1S(=O)(=O)O. The van der Waals surface area contributed by atoms with E-state index in [1.807, 2.05) is 0 Å². The van der Waals surface area contributed by atoms with Gasteiger partial charge in [-0.1, -0.05) is 24.3 Å². The highest BCUT2D eigenvalue weighted by Crippen LogP contribution is 2.35. The summed E-state index contributed by atoms with van der Waals surface area (Å²) in [5, 5.41) is -1.15. The average Bonchev–Trinajstić information content (AvgIpc) is 2.79. The molecular formula is C20H18N2O15S5. The van der Waals surface area contributed by atoms with Gasteiger partial charge < -0.3 is 11.5 Å². The van der Waals surface area contributed by atoms with Gasteiger partial charge in [0.25, 0.3) is 50.6 Å². The molecule has 0 radical (unpaired) electrons. The first-order valence-electron chi connectivity index (χ1n) is 10.4. The van der Waals surface area contributed by atoms with Crippen LogP contribution >= 0.6 is 0 Å². The minimum atomic E-state index is -4.98. The molecule has 4 aromatic rings. The van der Waals surface area contributed by atoms with Crippen LogP contribution in [0, 0.1) is 0 Å². The second kappa shape index (κ2) is 10.7. The Hall–Kier alpha value is -3.45. The summed E-state index contributed by atoms with van der Waals surface area (Å²) < 4.78 is 159. The molecule has 0 bridgehead atoms. The molecule has 0 aliphatic rings. The van der Waals surface area contributed by atoms with Crippen molar-refractivity contribution in [1.82, 2.24) is 0 Å².